The third-order valence-corrected chi connectivity index (χ3v) is 11.2. The highest BCUT2D eigenvalue weighted by atomic mass is 16.3. The lowest BCUT2D eigenvalue weighted by Crippen LogP contribution is -2.17. The van der Waals surface area contributed by atoms with Gasteiger partial charge >= 0.3 is 0 Å². The summed E-state index contributed by atoms with van der Waals surface area (Å²) in [6, 6.07) is 35.6. The fraction of sp³-hybridized carbons (Fsp3) is 0.276. The summed E-state index contributed by atoms with van der Waals surface area (Å²) < 4.78 is 192. The summed E-state index contributed by atoms with van der Waals surface area (Å²) in [5, 5.41) is 13.0. The Balaban J connectivity index is 1.59. The number of fused-ring (bicyclic) bond motifs is 1. The zero-order valence-corrected chi connectivity index (χ0v) is 35.1. The molecule has 0 aliphatic rings. The quantitative estimate of drug-likeness (QED) is 0.174. The Bertz CT molecular complexity index is 3700. The highest BCUT2D eigenvalue weighted by Crippen LogP contribution is 2.46. The fourth-order valence-corrected chi connectivity index (χ4v) is 7.75. The van der Waals surface area contributed by atoms with Gasteiger partial charge in [-0.3, -0.25) is 9.55 Å². The molecule has 8 aromatic rings. The van der Waals surface area contributed by atoms with E-state index >= 15 is 0 Å². The van der Waals surface area contributed by atoms with Crippen LogP contribution in [0.1, 0.15) is 140 Å². The first-order chi connectivity index (χ1) is 38.3. The molecule has 2 aromatic heterocycles. The van der Waals surface area contributed by atoms with Crippen molar-refractivity contribution in [2.75, 3.05) is 0 Å². The Labute approximate surface area is 400 Å². The van der Waals surface area contributed by atoms with Crippen molar-refractivity contribution >= 4 is 11.0 Å². The van der Waals surface area contributed by atoms with Crippen molar-refractivity contribution in [3.8, 4) is 67.5 Å². The Morgan fingerprint density at radius 2 is 1.32 bits per heavy atom. The number of nitrogens with zero attached hydrogens (tertiary/aromatic N) is 3. The molecular formula is C58H61N3O. The number of rotatable bonds is 7. The summed E-state index contributed by atoms with van der Waals surface area (Å²) in [7, 11) is 0. The van der Waals surface area contributed by atoms with Gasteiger partial charge in [0.1, 0.15) is 11.6 Å². The number of aryl methyl sites for hydroxylation is 1. The molecule has 0 atom stereocenters. The van der Waals surface area contributed by atoms with Crippen molar-refractivity contribution < 1.29 is 35.3 Å². The van der Waals surface area contributed by atoms with E-state index in [1.54, 1.807) is 105 Å². The predicted molar refractivity (Wildman–Crippen MR) is 263 cm³/mol. The van der Waals surface area contributed by atoms with Crippen LogP contribution in [-0.2, 0) is 16.2 Å². The number of imidazole rings is 1. The minimum atomic E-state index is -4.18. The molecule has 0 saturated carbocycles. The second-order valence-electron chi connectivity index (χ2n) is 17.0. The molecule has 0 saturated heterocycles. The van der Waals surface area contributed by atoms with Crippen molar-refractivity contribution in [3.05, 3.63) is 167 Å². The summed E-state index contributed by atoms with van der Waals surface area (Å²) in [6.45, 7) is -17.8. The molecule has 2 heterocycles. The maximum Gasteiger partial charge on any atom is 0.149 e. The second kappa shape index (κ2) is 15.9. The van der Waals surface area contributed by atoms with Gasteiger partial charge in [-0.25, -0.2) is 4.98 Å². The molecule has 0 radical (unpaired) electrons. The van der Waals surface area contributed by atoms with Crippen LogP contribution in [0.4, 0.5) is 0 Å². The maximum absolute atomic E-state index is 13.0. The van der Waals surface area contributed by atoms with Gasteiger partial charge in [0.05, 0.1) is 28.0 Å². The molecule has 0 fully saturated rings. The molecule has 8 rings (SSSR count). The van der Waals surface area contributed by atoms with Gasteiger partial charge in [0.25, 0.3) is 0 Å². The lowest BCUT2D eigenvalue weighted by Gasteiger charge is -2.27. The van der Waals surface area contributed by atoms with Crippen LogP contribution in [0.3, 0.4) is 0 Å². The lowest BCUT2D eigenvalue weighted by molar-refractivity contribution is 0.446. The smallest absolute Gasteiger partial charge is 0.149 e. The third-order valence-electron chi connectivity index (χ3n) is 11.2. The number of para-hydroxylation sites is 1. The molecule has 62 heavy (non-hydrogen) atoms. The summed E-state index contributed by atoms with van der Waals surface area (Å²) in [6.07, 6.45) is 1.62. The molecule has 4 heteroatoms. The number of aromatic hydroxyl groups is 1. The number of aromatic nitrogens is 3. The Kier molecular flexibility index (Phi) is 5.96. The van der Waals surface area contributed by atoms with Gasteiger partial charge in [-0.15, -0.1) is 0 Å². The monoisotopic (exact) mass is 838 g/mol. The molecular weight excluding hydrogens is 755 g/mol. The van der Waals surface area contributed by atoms with Gasteiger partial charge in [-0.2, -0.15) is 0 Å². The average Bonchev–Trinajstić information content (AvgIpc) is 3.91. The van der Waals surface area contributed by atoms with Crippen molar-refractivity contribution in [3.63, 3.8) is 0 Å². The lowest BCUT2D eigenvalue weighted by atomic mass is 9.79. The standard InChI is InChI=1S/C58H61N3O/c1-36(2)40-25-26-51(47(32-40)39-17-14-13-15-18-39)61-52-20-16-19-46(53(52)60-55(61)48-34-45(57(7,8)9)35-49(54(48)62)58(10,11)12)42-29-43(31-44(30-42)56(4,5)6)50-33-41(27-28-59-50)38-23-21-37(3)22-24-38/h13-36,62H,1-12H3/i3D3,7D3,8D3,9D3,10D3,11D3,12D3,36D. The van der Waals surface area contributed by atoms with E-state index in [2.05, 4.69) is 0 Å². The minimum Gasteiger partial charge on any atom is -0.507 e. The van der Waals surface area contributed by atoms with E-state index in [1.165, 1.54) is 16.7 Å². The van der Waals surface area contributed by atoms with Gasteiger partial charge < -0.3 is 5.11 Å². The molecule has 0 aliphatic heterocycles. The first-order valence-corrected chi connectivity index (χ1v) is 20.1. The summed E-state index contributed by atoms with van der Waals surface area (Å²) in [5.41, 5.74) is -5.90. The van der Waals surface area contributed by atoms with Gasteiger partial charge in [0.2, 0.25) is 0 Å². The fourth-order valence-electron chi connectivity index (χ4n) is 7.75. The van der Waals surface area contributed by atoms with Gasteiger partial charge in [-0.1, -0.05) is 166 Å². The van der Waals surface area contributed by atoms with Gasteiger partial charge in [-0.05, 0) is 116 Å². The topological polar surface area (TPSA) is 50.9 Å². The number of phenolic OH excluding ortho intramolecular Hbond substituents is 1. The number of phenols is 1. The summed E-state index contributed by atoms with van der Waals surface area (Å²) in [5.74, 6) is -3.10. The first-order valence-electron chi connectivity index (χ1n) is 31.1. The van der Waals surface area contributed by atoms with Crippen LogP contribution in [0.2, 0.25) is 0 Å². The molecule has 0 unspecified atom stereocenters. The van der Waals surface area contributed by atoms with E-state index in [-0.39, 0.29) is 28.4 Å². The van der Waals surface area contributed by atoms with Gasteiger partial charge in [0.15, 0.2) is 0 Å². The summed E-state index contributed by atoms with van der Waals surface area (Å²) in [4.78, 5) is 9.91. The van der Waals surface area contributed by atoms with Crippen LogP contribution in [0.15, 0.2) is 140 Å². The molecule has 6 aromatic carbocycles. The average molecular weight is 838 g/mol. The molecule has 0 aliphatic carbocycles. The maximum atomic E-state index is 13.0. The van der Waals surface area contributed by atoms with Gasteiger partial charge in [0, 0.05) is 58.6 Å². The Hall–Kier alpha value is -6.26. The zero-order chi connectivity index (χ0) is 62.7. The molecule has 0 bridgehead atoms. The van der Waals surface area contributed by atoms with E-state index in [4.69, 9.17) is 40.1 Å². The van der Waals surface area contributed by atoms with Crippen LogP contribution >= 0.6 is 0 Å². The molecule has 4 nitrogen and oxygen atoms in total. The van der Waals surface area contributed by atoms with Crippen molar-refractivity contribution in [2.45, 2.75) is 105 Å². The highest BCUT2D eigenvalue weighted by molar-refractivity contribution is 5.98. The normalized spacial score (nSPS) is 19.2. The predicted octanol–water partition coefficient (Wildman–Crippen LogP) is 15.8. The first kappa shape index (κ1) is 23.3. The van der Waals surface area contributed by atoms with E-state index in [1.807, 2.05) is 45.0 Å². The second-order valence-corrected chi connectivity index (χ2v) is 17.0. The van der Waals surface area contributed by atoms with Crippen molar-refractivity contribution in [2.24, 2.45) is 0 Å². The van der Waals surface area contributed by atoms with E-state index < -0.39 is 98.4 Å². The SMILES string of the molecule is [2H]C([2H])([2H])c1ccc(-c2ccnc(-c3cc(-c4cccc5c4nc(-c4cc(C(C([2H])([2H])[2H])(C([2H])([2H])[2H])C([2H])([2H])[2H])cc(C(C([2H])([2H])[2H])(C([2H])([2H])[2H])C([2H])([2H])[2H])c4O)n5-c4ccc(C([2H])(C)C)cc4-c4ccccc4)cc(C(C)(C)C)c3)c2)cc1. The van der Waals surface area contributed by atoms with Crippen molar-refractivity contribution in [1.82, 2.24) is 14.5 Å². The van der Waals surface area contributed by atoms with Crippen LogP contribution in [-0.4, -0.2) is 19.6 Å². The van der Waals surface area contributed by atoms with Crippen LogP contribution < -0.4 is 0 Å². The number of hydrogen-bond acceptors (Lipinski definition) is 3. The number of benzene rings is 6. The van der Waals surface area contributed by atoms with Crippen LogP contribution in [0.25, 0.3) is 72.7 Å². The third kappa shape index (κ3) is 8.23. The van der Waals surface area contributed by atoms with Crippen LogP contribution in [0.5, 0.6) is 5.75 Å². The molecule has 314 valence electrons. The van der Waals surface area contributed by atoms with E-state index in [0.29, 0.717) is 50.7 Å². The minimum absolute atomic E-state index is 0.110. The number of hydrogen-bond donors (Lipinski definition) is 1. The van der Waals surface area contributed by atoms with E-state index in [9.17, 15) is 5.11 Å². The molecule has 0 spiro atoms. The molecule has 1 N–H and O–H groups in total. The Morgan fingerprint density at radius 3 is 2.02 bits per heavy atom. The largest absolute Gasteiger partial charge is 0.507 e. The molecule has 0 amide bonds. The zero-order valence-electron chi connectivity index (χ0n) is 57.1. The van der Waals surface area contributed by atoms with Crippen LogP contribution in [0, 0.1) is 6.85 Å². The number of pyridine rings is 1. The van der Waals surface area contributed by atoms with Crippen molar-refractivity contribution in [1.29, 1.82) is 0 Å². The van der Waals surface area contributed by atoms with E-state index in [0.717, 1.165) is 11.1 Å². The summed E-state index contributed by atoms with van der Waals surface area (Å²) >= 11 is 0. The highest BCUT2D eigenvalue weighted by Gasteiger charge is 2.29. The Morgan fingerprint density at radius 1 is 0.597 bits per heavy atom.